The van der Waals surface area contributed by atoms with E-state index in [1.807, 2.05) is 55.5 Å². The highest BCUT2D eigenvalue weighted by molar-refractivity contribution is 5.93. The Hall–Kier alpha value is -2.95. The predicted molar refractivity (Wildman–Crippen MR) is 92.9 cm³/mol. The summed E-state index contributed by atoms with van der Waals surface area (Å²) >= 11 is 0. The highest BCUT2D eigenvalue weighted by atomic mass is 16.5. The van der Waals surface area contributed by atoms with E-state index >= 15 is 0 Å². The first-order valence-corrected chi connectivity index (χ1v) is 7.86. The number of ether oxygens (including phenoxy) is 1. The molecule has 0 aliphatic heterocycles. The Balaban J connectivity index is 1.73. The van der Waals surface area contributed by atoms with Gasteiger partial charge in [0.1, 0.15) is 11.4 Å². The molecule has 0 radical (unpaired) electrons. The van der Waals surface area contributed by atoms with Crippen molar-refractivity contribution in [3.05, 3.63) is 66.0 Å². The second-order valence-corrected chi connectivity index (χ2v) is 5.48. The Labute approximate surface area is 140 Å². The van der Waals surface area contributed by atoms with E-state index in [9.17, 15) is 4.79 Å². The molecule has 1 heterocycles. The lowest BCUT2D eigenvalue weighted by molar-refractivity contribution is 0.0779. The van der Waals surface area contributed by atoms with E-state index in [4.69, 9.17) is 4.74 Å². The van der Waals surface area contributed by atoms with E-state index in [1.54, 1.807) is 11.9 Å². The molecule has 3 rings (SSSR count). The van der Waals surface area contributed by atoms with Crippen LogP contribution in [0, 0.1) is 0 Å². The van der Waals surface area contributed by atoms with E-state index in [0.717, 1.165) is 22.3 Å². The van der Waals surface area contributed by atoms with Crippen molar-refractivity contribution in [1.82, 2.24) is 14.9 Å². The summed E-state index contributed by atoms with van der Waals surface area (Å²) in [5.41, 5.74) is 2.88. The molecule has 3 aromatic rings. The van der Waals surface area contributed by atoms with Crippen molar-refractivity contribution in [3.8, 4) is 5.75 Å². The third-order valence-corrected chi connectivity index (χ3v) is 3.67. The maximum atomic E-state index is 12.6. The number of aromatic nitrogens is 2. The minimum absolute atomic E-state index is 0.151. The molecule has 1 amide bonds. The molecule has 5 nitrogen and oxygen atoms in total. The van der Waals surface area contributed by atoms with Gasteiger partial charge in [-0.05, 0) is 36.8 Å². The second kappa shape index (κ2) is 7.08. The third-order valence-electron chi connectivity index (χ3n) is 3.67. The van der Waals surface area contributed by atoms with Gasteiger partial charge in [0.15, 0.2) is 0 Å². The summed E-state index contributed by atoms with van der Waals surface area (Å²) in [5, 5.41) is 0. The lowest BCUT2D eigenvalue weighted by Gasteiger charge is -2.17. The van der Waals surface area contributed by atoms with Crippen molar-refractivity contribution < 1.29 is 9.53 Å². The first kappa shape index (κ1) is 15.9. The monoisotopic (exact) mass is 321 g/mol. The zero-order valence-electron chi connectivity index (χ0n) is 13.8. The molecule has 0 saturated carbocycles. The number of rotatable bonds is 5. The molecule has 0 N–H and O–H groups in total. The molecule has 5 heteroatoms. The van der Waals surface area contributed by atoms with Crippen LogP contribution in [0.2, 0.25) is 0 Å². The number of hydrogen-bond donors (Lipinski definition) is 0. The van der Waals surface area contributed by atoms with Gasteiger partial charge in [-0.25, -0.2) is 4.98 Å². The standard InChI is InChI=1S/C19H19N3O2/c1-3-24-15-10-8-14(9-11-15)13-22(2)19(23)18-12-20-16-6-4-5-7-17(16)21-18/h4-12H,3,13H2,1-2H3. The van der Waals surface area contributed by atoms with E-state index in [0.29, 0.717) is 18.8 Å². The van der Waals surface area contributed by atoms with Crippen LogP contribution in [0.1, 0.15) is 23.0 Å². The zero-order valence-corrected chi connectivity index (χ0v) is 13.8. The lowest BCUT2D eigenvalue weighted by Crippen LogP contribution is -2.27. The average molecular weight is 321 g/mol. The molecular weight excluding hydrogens is 302 g/mol. The van der Waals surface area contributed by atoms with Crippen LogP contribution >= 0.6 is 0 Å². The second-order valence-electron chi connectivity index (χ2n) is 5.48. The average Bonchev–Trinajstić information content (AvgIpc) is 2.62. The number of nitrogens with zero attached hydrogens (tertiary/aromatic N) is 3. The molecule has 0 aliphatic rings. The fourth-order valence-electron chi connectivity index (χ4n) is 2.46. The molecule has 0 bridgehead atoms. The number of carbonyl (C=O) groups is 1. The third kappa shape index (κ3) is 3.51. The van der Waals surface area contributed by atoms with Crippen molar-refractivity contribution >= 4 is 16.9 Å². The molecule has 0 aliphatic carbocycles. The minimum atomic E-state index is -0.151. The van der Waals surface area contributed by atoms with Crippen LogP contribution in [0.15, 0.2) is 54.7 Å². The van der Waals surface area contributed by atoms with Crippen LogP contribution in [0.25, 0.3) is 11.0 Å². The van der Waals surface area contributed by atoms with Gasteiger partial charge >= 0.3 is 0 Å². The van der Waals surface area contributed by atoms with Crippen molar-refractivity contribution in [2.45, 2.75) is 13.5 Å². The van der Waals surface area contributed by atoms with Gasteiger partial charge in [0.25, 0.3) is 5.91 Å². The molecule has 1 aromatic heterocycles. The molecule has 24 heavy (non-hydrogen) atoms. The van der Waals surface area contributed by atoms with Gasteiger partial charge in [-0.1, -0.05) is 24.3 Å². The maximum absolute atomic E-state index is 12.6. The largest absolute Gasteiger partial charge is 0.494 e. The van der Waals surface area contributed by atoms with Crippen LogP contribution in [0.5, 0.6) is 5.75 Å². The Kier molecular flexibility index (Phi) is 4.70. The quantitative estimate of drug-likeness (QED) is 0.723. The summed E-state index contributed by atoms with van der Waals surface area (Å²) < 4.78 is 5.42. The Morgan fingerprint density at radius 1 is 1.08 bits per heavy atom. The first-order chi connectivity index (χ1) is 11.7. The molecule has 0 spiro atoms. The molecule has 2 aromatic carbocycles. The minimum Gasteiger partial charge on any atom is -0.494 e. The summed E-state index contributed by atoms with van der Waals surface area (Å²) in [5.74, 6) is 0.678. The van der Waals surface area contributed by atoms with Crippen LogP contribution in [-0.2, 0) is 6.54 Å². The van der Waals surface area contributed by atoms with Gasteiger partial charge in [-0.15, -0.1) is 0 Å². The fourth-order valence-corrected chi connectivity index (χ4v) is 2.46. The van der Waals surface area contributed by atoms with E-state index in [2.05, 4.69) is 9.97 Å². The van der Waals surface area contributed by atoms with Crippen molar-refractivity contribution in [2.75, 3.05) is 13.7 Å². The van der Waals surface area contributed by atoms with Gasteiger partial charge in [-0.3, -0.25) is 9.78 Å². The normalized spacial score (nSPS) is 10.6. The molecule has 0 atom stereocenters. The topological polar surface area (TPSA) is 55.3 Å². The number of benzene rings is 2. The van der Waals surface area contributed by atoms with Crippen LogP contribution in [0.3, 0.4) is 0 Å². The van der Waals surface area contributed by atoms with E-state index < -0.39 is 0 Å². The van der Waals surface area contributed by atoms with E-state index in [-0.39, 0.29) is 5.91 Å². The van der Waals surface area contributed by atoms with Crippen molar-refractivity contribution in [3.63, 3.8) is 0 Å². The molecule has 0 fully saturated rings. The van der Waals surface area contributed by atoms with Gasteiger partial charge < -0.3 is 9.64 Å². The van der Waals surface area contributed by atoms with Crippen LogP contribution < -0.4 is 4.74 Å². The molecule has 122 valence electrons. The lowest BCUT2D eigenvalue weighted by atomic mass is 10.2. The van der Waals surface area contributed by atoms with Crippen LogP contribution in [-0.4, -0.2) is 34.4 Å². The number of para-hydroxylation sites is 2. The predicted octanol–water partition coefficient (Wildman–Crippen LogP) is 3.30. The number of fused-ring (bicyclic) bond motifs is 1. The molecule has 0 saturated heterocycles. The summed E-state index contributed by atoms with van der Waals surface area (Å²) in [4.78, 5) is 22.9. The Morgan fingerprint density at radius 2 is 1.79 bits per heavy atom. The van der Waals surface area contributed by atoms with Crippen LogP contribution in [0.4, 0.5) is 0 Å². The highest BCUT2D eigenvalue weighted by Crippen LogP contribution is 2.15. The zero-order chi connectivity index (χ0) is 16.9. The molecular formula is C19H19N3O2. The summed E-state index contributed by atoms with van der Waals surface area (Å²) in [7, 11) is 1.76. The smallest absolute Gasteiger partial charge is 0.274 e. The van der Waals surface area contributed by atoms with E-state index in [1.165, 1.54) is 6.20 Å². The van der Waals surface area contributed by atoms with Gasteiger partial charge in [0.05, 0.1) is 23.8 Å². The van der Waals surface area contributed by atoms with Gasteiger partial charge in [-0.2, -0.15) is 0 Å². The maximum Gasteiger partial charge on any atom is 0.274 e. The fraction of sp³-hybridized carbons (Fsp3) is 0.211. The molecule has 0 unspecified atom stereocenters. The summed E-state index contributed by atoms with van der Waals surface area (Å²) in [6, 6.07) is 15.2. The SMILES string of the molecule is CCOc1ccc(CN(C)C(=O)c2cnc3ccccc3n2)cc1. The first-order valence-electron chi connectivity index (χ1n) is 7.86. The van der Waals surface area contributed by atoms with Crippen molar-refractivity contribution in [1.29, 1.82) is 0 Å². The Bertz CT molecular complexity index is 847. The number of hydrogen-bond acceptors (Lipinski definition) is 4. The number of carbonyl (C=O) groups excluding carboxylic acids is 1. The summed E-state index contributed by atoms with van der Waals surface area (Å²) in [6.45, 7) is 3.09. The van der Waals surface area contributed by atoms with Crippen molar-refractivity contribution in [2.24, 2.45) is 0 Å². The number of amides is 1. The van der Waals surface area contributed by atoms with Gasteiger partial charge in [0.2, 0.25) is 0 Å². The Morgan fingerprint density at radius 3 is 2.50 bits per heavy atom. The summed E-state index contributed by atoms with van der Waals surface area (Å²) in [6.07, 6.45) is 1.53. The highest BCUT2D eigenvalue weighted by Gasteiger charge is 2.14. The van der Waals surface area contributed by atoms with Gasteiger partial charge in [0, 0.05) is 13.6 Å².